The molecule has 1 aromatic rings. The molecule has 3 N–H and O–H groups in total. The Morgan fingerprint density at radius 2 is 2.00 bits per heavy atom. The van der Waals surface area contributed by atoms with Gasteiger partial charge in [0, 0.05) is 24.7 Å². The molecule has 0 bridgehead atoms. The summed E-state index contributed by atoms with van der Waals surface area (Å²) in [6, 6.07) is 4.22. The Morgan fingerprint density at radius 3 is 2.45 bits per heavy atom. The third kappa shape index (κ3) is 3.24. The Morgan fingerprint density at radius 1 is 1.40 bits per heavy atom. The third-order valence-corrected chi connectivity index (χ3v) is 3.49. The lowest BCUT2D eigenvalue weighted by molar-refractivity contribution is -0.384. The van der Waals surface area contributed by atoms with E-state index in [-0.39, 0.29) is 28.9 Å². The SMILES string of the molecule is CC(C)C(C)N(C)C(=O)c1ccc(NN)c([N+](=O)[O-])c1. The molecular formula is C13H20N4O3. The number of nitro groups is 1. The van der Waals surface area contributed by atoms with Gasteiger partial charge in [0.25, 0.3) is 11.6 Å². The van der Waals surface area contributed by atoms with Crippen LogP contribution in [-0.2, 0) is 0 Å². The molecule has 1 atom stereocenters. The smallest absolute Gasteiger partial charge is 0.294 e. The highest BCUT2D eigenvalue weighted by molar-refractivity contribution is 5.95. The summed E-state index contributed by atoms with van der Waals surface area (Å²) in [5.41, 5.74) is 2.47. The predicted molar refractivity (Wildman–Crippen MR) is 77.3 cm³/mol. The maximum atomic E-state index is 12.3. The van der Waals surface area contributed by atoms with E-state index in [0.717, 1.165) is 0 Å². The number of nitrogens with zero attached hydrogens (tertiary/aromatic N) is 2. The van der Waals surface area contributed by atoms with Gasteiger partial charge < -0.3 is 10.3 Å². The second kappa shape index (κ2) is 6.33. The molecule has 7 nitrogen and oxygen atoms in total. The molecule has 0 saturated carbocycles. The number of carbonyl (C=O) groups excluding carboxylic acids is 1. The number of hydrazine groups is 1. The first kappa shape index (κ1) is 15.9. The molecule has 0 aliphatic rings. The summed E-state index contributed by atoms with van der Waals surface area (Å²) in [4.78, 5) is 24.3. The van der Waals surface area contributed by atoms with E-state index < -0.39 is 4.92 Å². The van der Waals surface area contributed by atoms with Gasteiger partial charge in [-0.25, -0.2) is 0 Å². The number of nitrogens with one attached hydrogen (secondary N) is 1. The Hall–Kier alpha value is -2.15. The molecule has 0 heterocycles. The largest absolute Gasteiger partial charge is 0.339 e. The number of hydrogen-bond donors (Lipinski definition) is 2. The number of nitrogens with two attached hydrogens (primary N) is 1. The number of nitro benzene ring substituents is 1. The van der Waals surface area contributed by atoms with Crippen LogP contribution in [0, 0.1) is 16.0 Å². The van der Waals surface area contributed by atoms with E-state index in [1.807, 2.05) is 20.8 Å². The summed E-state index contributed by atoms with van der Waals surface area (Å²) in [5, 5.41) is 11.0. The molecule has 1 unspecified atom stereocenters. The molecule has 0 aliphatic heterocycles. The van der Waals surface area contributed by atoms with Crippen LogP contribution in [0.4, 0.5) is 11.4 Å². The van der Waals surface area contributed by atoms with Crippen LogP contribution in [0.3, 0.4) is 0 Å². The van der Waals surface area contributed by atoms with Crippen molar-refractivity contribution in [2.24, 2.45) is 11.8 Å². The lowest BCUT2D eigenvalue weighted by Crippen LogP contribution is -2.38. The van der Waals surface area contributed by atoms with Crippen molar-refractivity contribution in [3.05, 3.63) is 33.9 Å². The summed E-state index contributed by atoms with van der Waals surface area (Å²) in [7, 11) is 1.69. The Labute approximate surface area is 117 Å². The normalized spacial score (nSPS) is 12.1. The van der Waals surface area contributed by atoms with E-state index in [1.54, 1.807) is 11.9 Å². The van der Waals surface area contributed by atoms with Crippen molar-refractivity contribution < 1.29 is 9.72 Å². The minimum Gasteiger partial charge on any atom is -0.339 e. The number of hydrogen-bond acceptors (Lipinski definition) is 5. The molecule has 1 amide bonds. The fourth-order valence-electron chi connectivity index (χ4n) is 1.77. The van der Waals surface area contributed by atoms with Gasteiger partial charge in [-0.3, -0.25) is 20.8 Å². The van der Waals surface area contributed by atoms with E-state index in [0.29, 0.717) is 5.92 Å². The van der Waals surface area contributed by atoms with Crippen molar-refractivity contribution in [2.45, 2.75) is 26.8 Å². The van der Waals surface area contributed by atoms with E-state index >= 15 is 0 Å². The van der Waals surface area contributed by atoms with Crippen LogP contribution in [-0.4, -0.2) is 28.8 Å². The van der Waals surface area contributed by atoms with Crippen molar-refractivity contribution in [1.29, 1.82) is 0 Å². The Bertz CT molecular complexity index is 516. The lowest BCUT2D eigenvalue weighted by atomic mass is 10.0. The maximum Gasteiger partial charge on any atom is 0.294 e. The lowest BCUT2D eigenvalue weighted by Gasteiger charge is -2.28. The van der Waals surface area contributed by atoms with Crippen LogP contribution in [0.2, 0.25) is 0 Å². The van der Waals surface area contributed by atoms with Gasteiger partial charge in [0.1, 0.15) is 5.69 Å². The molecule has 0 spiro atoms. The fourth-order valence-corrected chi connectivity index (χ4v) is 1.77. The molecular weight excluding hydrogens is 260 g/mol. The predicted octanol–water partition coefficient (Wildman–Crippen LogP) is 2.00. The number of rotatable bonds is 5. The van der Waals surface area contributed by atoms with Gasteiger partial charge in [-0.15, -0.1) is 0 Å². The average Bonchev–Trinajstić information content (AvgIpc) is 2.43. The Balaban J connectivity index is 3.11. The van der Waals surface area contributed by atoms with Crippen LogP contribution >= 0.6 is 0 Å². The number of carbonyl (C=O) groups is 1. The highest BCUT2D eigenvalue weighted by Crippen LogP contribution is 2.25. The van der Waals surface area contributed by atoms with Crippen LogP contribution < -0.4 is 11.3 Å². The molecule has 7 heteroatoms. The van der Waals surface area contributed by atoms with Crippen molar-refractivity contribution in [3.8, 4) is 0 Å². The topological polar surface area (TPSA) is 102 Å². The number of nitrogen functional groups attached to an aromatic ring is 1. The third-order valence-electron chi connectivity index (χ3n) is 3.49. The summed E-state index contributed by atoms with van der Waals surface area (Å²) in [5.74, 6) is 5.26. The summed E-state index contributed by atoms with van der Waals surface area (Å²) in [6.07, 6.45) is 0. The first-order valence-electron chi connectivity index (χ1n) is 6.31. The second-order valence-electron chi connectivity index (χ2n) is 5.03. The van der Waals surface area contributed by atoms with E-state index in [4.69, 9.17) is 5.84 Å². The van der Waals surface area contributed by atoms with Crippen LogP contribution in [0.15, 0.2) is 18.2 Å². The van der Waals surface area contributed by atoms with Gasteiger partial charge in [-0.2, -0.15) is 0 Å². The van der Waals surface area contributed by atoms with Gasteiger partial charge in [0.05, 0.1) is 4.92 Å². The van der Waals surface area contributed by atoms with Crippen LogP contribution in [0.25, 0.3) is 0 Å². The average molecular weight is 280 g/mol. The maximum absolute atomic E-state index is 12.3. The van der Waals surface area contributed by atoms with Gasteiger partial charge in [0.15, 0.2) is 0 Å². The standard InChI is InChI=1S/C13H20N4O3/c1-8(2)9(3)16(4)13(18)10-5-6-11(15-14)12(7-10)17(19)20/h5-9,15H,14H2,1-4H3. The molecule has 20 heavy (non-hydrogen) atoms. The first-order valence-corrected chi connectivity index (χ1v) is 6.31. The van der Waals surface area contributed by atoms with E-state index in [2.05, 4.69) is 5.43 Å². The highest BCUT2D eigenvalue weighted by atomic mass is 16.6. The minimum absolute atomic E-state index is 0.0360. The van der Waals surface area contributed by atoms with Gasteiger partial charge in [-0.05, 0) is 25.0 Å². The first-order chi connectivity index (χ1) is 9.29. The number of amides is 1. The number of anilines is 1. The molecule has 110 valence electrons. The van der Waals surface area contributed by atoms with Crippen molar-refractivity contribution in [2.75, 3.05) is 12.5 Å². The molecule has 0 aromatic heterocycles. The molecule has 1 aromatic carbocycles. The zero-order chi connectivity index (χ0) is 15.4. The van der Waals surface area contributed by atoms with E-state index in [9.17, 15) is 14.9 Å². The number of benzene rings is 1. The molecule has 0 radical (unpaired) electrons. The van der Waals surface area contributed by atoms with E-state index in [1.165, 1.54) is 18.2 Å². The van der Waals surface area contributed by atoms with Gasteiger partial charge in [0.2, 0.25) is 0 Å². The molecule has 0 saturated heterocycles. The molecule has 0 aliphatic carbocycles. The zero-order valence-electron chi connectivity index (χ0n) is 12.1. The van der Waals surface area contributed by atoms with Crippen molar-refractivity contribution in [3.63, 3.8) is 0 Å². The monoisotopic (exact) mass is 280 g/mol. The van der Waals surface area contributed by atoms with Crippen molar-refractivity contribution >= 4 is 17.3 Å². The van der Waals surface area contributed by atoms with Gasteiger partial charge in [-0.1, -0.05) is 13.8 Å². The summed E-state index contributed by atoms with van der Waals surface area (Å²) in [6.45, 7) is 5.96. The zero-order valence-corrected chi connectivity index (χ0v) is 12.1. The summed E-state index contributed by atoms with van der Waals surface area (Å²) >= 11 is 0. The van der Waals surface area contributed by atoms with Crippen LogP contribution in [0.5, 0.6) is 0 Å². The second-order valence-corrected chi connectivity index (χ2v) is 5.03. The quantitative estimate of drug-likeness (QED) is 0.488. The Kier molecular flexibility index (Phi) is 5.04. The van der Waals surface area contributed by atoms with Gasteiger partial charge >= 0.3 is 0 Å². The fraction of sp³-hybridized carbons (Fsp3) is 0.462. The summed E-state index contributed by atoms with van der Waals surface area (Å²) < 4.78 is 0. The van der Waals surface area contributed by atoms with Crippen LogP contribution in [0.1, 0.15) is 31.1 Å². The molecule has 1 rings (SSSR count). The highest BCUT2D eigenvalue weighted by Gasteiger charge is 2.23. The molecule has 0 fully saturated rings. The minimum atomic E-state index is -0.572. The van der Waals surface area contributed by atoms with Crippen molar-refractivity contribution in [1.82, 2.24) is 4.90 Å².